The zero-order valence-corrected chi connectivity index (χ0v) is 12.6. The van der Waals surface area contributed by atoms with Gasteiger partial charge < -0.3 is 10.1 Å². The molecule has 2 unspecified atom stereocenters. The van der Waals surface area contributed by atoms with Crippen molar-refractivity contribution < 1.29 is 4.74 Å². The lowest BCUT2D eigenvalue weighted by Crippen LogP contribution is -2.33. The molecule has 0 fully saturated rings. The fourth-order valence-electron chi connectivity index (χ4n) is 1.72. The third-order valence-corrected chi connectivity index (χ3v) is 3.43. The maximum absolute atomic E-state index is 5.79. The first-order valence-corrected chi connectivity index (χ1v) is 7.42. The van der Waals surface area contributed by atoms with Crippen LogP contribution in [0, 0.1) is 5.92 Å². The van der Waals surface area contributed by atoms with Crippen molar-refractivity contribution in [1.29, 1.82) is 0 Å². The number of rotatable bonds is 11. The molecule has 104 valence electrons. The maximum atomic E-state index is 5.79. The van der Waals surface area contributed by atoms with Gasteiger partial charge in [0.25, 0.3) is 0 Å². The molecule has 2 nitrogen and oxygen atoms in total. The minimum absolute atomic E-state index is 0.419. The van der Waals surface area contributed by atoms with Crippen LogP contribution in [0.1, 0.15) is 66.7 Å². The summed E-state index contributed by atoms with van der Waals surface area (Å²) < 4.78 is 5.79. The number of unbranched alkanes of at least 4 members (excludes halogenated alkanes) is 3. The summed E-state index contributed by atoms with van der Waals surface area (Å²) >= 11 is 0. The summed E-state index contributed by atoms with van der Waals surface area (Å²) in [6.07, 6.45) is 6.96. The van der Waals surface area contributed by atoms with E-state index in [0.717, 1.165) is 13.2 Å². The Balaban J connectivity index is 3.30. The molecular formula is C15H33NO. The summed E-state index contributed by atoms with van der Waals surface area (Å²) in [7, 11) is 0. The molecule has 2 heteroatoms. The lowest BCUT2D eigenvalue weighted by molar-refractivity contribution is 0.0587. The number of hydrogen-bond donors (Lipinski definition) is 1. The van der Waals surface area contributed by atoms with E-state index < -0.39 is 0 Å². The summed E-state index contributed by atoms with van der Waals surface area (Å²) in [6.45, 7) is 13.0. The predicted octanol–water partition coefficient (Wildman–Crippen LogP) is 4.00. The van der Waals surface area contributed by atoms with Crippen LogP contribution >= 0.6 is 0 Å². The zero-order chi connectivity index (χ0) is 13.1. The van der Waals surface area contributed by atoms with Crippen molar-refractivity contribution in [3.63, 3.8) is 0 Å². The van der Waals surface area contributed by atoms with Gasteiger partial charge in [0.15, 0.2) is 0 Å². The highest BCUT2D eigenvalue weighted by molar-refractivity contribution is 4.63. The standard InChI is InChI=1S/C15H33NO/c1-6-7-8-9-10-14(4)17-12-11-16-15(5)13(2)3/h13-16H,6-12H2,1-5H3. The van der Waals surface area contributed by atoms with Crippen molar-refractivity contribution in [1.82, 2.24) is 5.32 Å². The Bertz CT molecular complexity index is 159. The summed E-state index contributed by atoms with van der Waals surface area (Å²) in [5.41, 5.74) is 0. The first-order chi connectivity index (χ1) is 8.07. The minimum Gasteiger partial charge on any atom is -0.377 e. The van der Waals surface area contributed by atoms with E-state index in [1.165, 1.54) is 32.1 Å². The Morgan fingerprint density at radius 2 is 1.71 bits per heavy atom. The van der Waals surface area contributed by atoms with E-state index in [4.69, 9.17) is 4.74 Å². The summed E-state index contributed by atoms with van der Waals surface area (Å²) in [5, 5.41) is 3.49. The molecule has 0 aliphatic heterocycles. The highest BCUT2D eigenvalue weighted by atomic mass is 16.5. The van der Waals surface area contributed by atoms with Crippen LogP contribution in [-0.2, 0) is 4.74 Å². The van der Waals surface area contributed by atoms with Gasteiger partial charge in [0.1, 0.15) is 0 Å². The van der Waals surface area contributed by atoms with Gasteiger partial charge in [-0.3, -0.25) is 0 Å². The number of ether oxygens (including phenoxy) is 1. The van der Waals surface area contributed by atoms with Gasteiger partial charge in [-0.1, -0.05) is 46.5 Å². The van der Waals surface area contributed by atoms with Crippen LogP contribution in [0.15, 0.2) is 0 Å². The van der Waals surface area contributed by atoms with Crippen molar-refractivity contribution in [3.8, 4) is 0 Å². The SMILES string of the molecule is CCCCCCC(C)OCCNC(C)C(C)C. The number of nitrogens with one attached hydrogen (secondary N) is 1. The quantitative estimate of drug-likeness (QED) is 0.554. The molecule has 0 saturated carbocycles. The lowest BCUT2D eigenvalue weighted by atomic mass is 10.1. The second kappa shape index (κ2) is 11.0. The normalized spacial score (nSPS) is 15.2. The molecule has 0 aliphatic rings. The van der Waals surface area contributed by atoms with Gasteiger partial charge in [-0.25, -0.2) is 0 Å². The second-order valence-electron chi connectivity index (χ2n) is 5.52. The average Bonchev–Trinajstić information content (AvgIpc) is 2.29. The number of hydrogen-bond acceptors (Lipinski definition) is 2. The fraction of sp³-hybridized carbons (Fsp3) is 1.00. The molecule has 0 aromatic carbocycles. The fourth-order valence-corrected chi connectivity index (χ4v) is 1.72. The summed E-state index contributed by atoms with van der Waals surface area (Å²) in [5.74, 6) is 0.696. The Morgan fingerprint density at radius 1 is 1.00 bits per heavy atom. The molecule has 2 atom stereocenters. The van der Waals surface area contributed by atoms with Crippen LogP contribution in [0.3, 0.4) is 0 Å². The third kappa shape index (κ3) is 10.8. The Kier molecular flexibility index (Phi) is 11.0. The lowest BCUT2D eigenvalue weighted by Gasteiger charge is -2.18. The summed E-state index contributed by atoms with van der Waals surface area (Å²) in [4.78, 5) is 0. The second-order valence-corrected chi connectivity index (χ2v) is 5.52. The van der Waals surface area contributed by atoms with E-state index in [2.05, 4.69) is 39.9 Å². The van der Waals surface area contributed by atoms with Gasteiger partial charge >= 0.3 is 0 Å². The molecule has 0 aromatic heterocycles. The van der Waals surface area contributed by atoms with Gasteiger partial charge in [0.2, 0.25) is 0 Å². The Labute approximate surface area is 109 Å². The molecule has 17 heavy (non-hydrogen) atoms. The van der Waals surface area contributed by atoms with Crippen molar-refractivity contribution in [2.45, 2.75) is 78.9 Å². The zero-order valence-electron chi connectivity index (χ0n) is 12.6. The van der Waals surface area contributed by atoms with Crippen LogP contribution in [0.5, 0.6) is 0 Å². The van der Waals surface area contributed by atoms with E-state index in [9.17, 15) is 0 Å². The molecule has 1 N–H and O–H groups in total. The molecule has 0 radical (unpaired) electrons. The van der Waals surface area contributed by atoms with Gasteiger partial charge in [-0.2, -0.15) is 0 Å². The van der Waals surface area contributed by atoms with Crippen molar-refractivity contribution in [2.75, 3.05) is 13.2 Å². The van der Waals surface area contributed by atoms with Crippen LogP contribution in [-0.4, -0.2) is 25.3 Å². The molecular weight excluding hydrogens is 210 g/mol. The molecule has 0 bridgehead atoms. The minimum atomic E-state index is 0.419. The Hall–Kier alpha value is -0.0800. The van der Waals surface area contributed by atoms with Crippen LogP contribution < -0.4 is 5.32 Å². The van der Waals surface area contributed by atoms with Crippen LogP contribution in [0.4, 0.5) is 0 Å². The monoisotopic (exact) mass is 243 g/mol. The van der Waals surface area contributed by atoms with Gasteiger partial charge in [-0.05, 0) is 26.2 Å². The van der Waals surface area contributed by atoms with Crippen LogP contribution in [0.25, 0.3) is 0 Å². The summed E-state index contributed by atoms with van der Waals surface area (Å²) in [6, 6.07) is 0.582. The van der Waals surface area contributed by atoms with Crippen molar-refractivity contribution >= 4 is 0 Å². The molecule has 0 aliphatic carbocycles. The molecule has 0 amide bonds. The van der Waals surface area contributed by atoms with Gasteiger partial charge in [0, 0.05) is 12.6 Å². The third-order valence-electron chi connectivity index (χ3n) is 3.43. The smallest absolute Gasteiger partial charge is 0.0594 e. The van der Waals surface area contributed by atoms with E-state index in [0.29, 0.717) is 18.1 Å². The molecule has 0 rings (SSSR count). The first-order valence-electron chi connectivity index (χ1n) is 7.42. The first kappa shape index (κ1) is 16.9. The van der Waals surface area contributed by atoms with E-state index >= 15 is 0 Å². The molecule has 0 saturated heterocycles. The van der Waals surface area contributed by atoms with Crippen LogP contribution in [0.2, 0.25) is 0 Å². The molecule has 0 heterocycles. The topological polar surface area (TPSA) is 21.3 Å². The van der Waals surface area contributed by atoms with E-state index in [-0.39, 0.29) is 0 Å². The van der Waals surface area contributed by atoms with E-state index in [1.54, 1.807) is 0 Å². The largest absolute Gasteiger partial charge is 0.377 e. The molecule has 0 aromatic rings. The molecule has 0 spiro atoms. The Morgan fingerprint density at radius 3 is 2.29 bits per heavy atom. The van der Waals surface area contributed by atoms with E-state index in [1.807, 2.05) is 0 Å². The van der Waals surface area contributed by atoms with Crippen molar-refractivity contribution in [2.24, 2.45) is 5.92 Å². The van der Waals surface area contributed by atoms with Gasteiger partial charge in [-0.15, -0.1) is 0 Å². The maximum Gasteiger partial charge on any atom is 0.0594 e. The predicted molar refractivity (Wildman–Crippen MR) is 76.5 cm³/mol. The average molecular weight is 243 g/mol. The van der Waals surface area contributed by atoms with Gasteiger partial charge in [0.05, 0.1) is 12.7 Å². The van der Waals surface area contributed by atoms with Crippen molar-refractivity contribution in [3.05, 3.63) is 0 Å². The highest BCUT2D eigenvalue weighted by Crippen LogP contribution is 2.07. The highest BCUT2D eigenvalue weighted by Gasteiger charge is 2.06.